The number of amides is 2. The number of pyridine rings is 1. The summed E-state index contributed by atoms with van der Waals surface area (Å²) in [5.74, 6) is 1.78. The molecule has 2 heterocycles. The summed E-state index contributed by atoms with van der Waals surface area (Å²) in [6.07, 6.45) is 2.92. The Morgan fingerprint density at radius 3 is 2.62 bits per heavy atom. The minimum Gasteiger partial charge on any atom is -0.496 e. The van der Waals surface area contributed by atoms with Crippen molar-refractivity contribution in [2.24, 2.45) is 0 Å². The maximum absolute atomic E-state index is 12.1. The first-order chi connectivity index (χ1) is 14.0. The molecule has 2 amide bonds. The van der Waals surface area contributed by atoms with E-state index in [2.05, 4.69) is 34.4 Å². The zero-order valence-electron chi connectivity index (χ0n) is 17.4. The molecule has 0 saturated carbocycles. The Morgan fingerprint density at radius 1 is 1.17 bits per heavy atom. The van der Waals surface area contributed by atoms with Crippen molar-refractivity contribution in [1.82, 2.24) is 15.6 Å². The summed E-state index contributed by atoms with van der Waals surface area (Å²) >= 11 is 0. The van der Waals surface area contributed by atoms with E-state index in [1.807, 2.05) is 42.6 Å². The number of anilines is 1. The molecule has 1 saturated heterocycles. The predicted octanol–water partition coefficient (Wildman–Crippen LogP) is 2.75. The molecule has 0 aliphatic carbocycles. The summed E-state index contributed by atoms with van der Waals surface area (Å²) in [6.45, 7) is 6.80. The van der Waals surface area contributed by atoms with Crippen LogP contribution in [0.5, 0.6) is 5.75 Å². The Bertz CT molecular complexity index is 787. The van der Waals surface area contributed by atoms with Gasteiger partial charge in [0.15, 0.2) is 0 Å². The molecule has 0 bridgehead atoms. The monoisotopic (exact) mass is 398 g/mol. The molecule has 2 aromatic rings. The van der Waals surface area contributed by atoms with E-state index in [0.717, 1.165) is 35.8 Å². The average molecular weight is 399 g/mol. The van der Waals surface area contributed by atoms with Crippen molar-refractivity contribution < 1.29 is 14.3 Å². The van der Waals surface area contributed by atoms with E-state index >= 15 is 0 Å². The first kappa shape index (κ1) is 20.9. The zero-order chi connectivity index (χ0) is 20.6. The van der Waals surface area contributed by atoms with Crippen LogP contribution < -0.4 is 20.3 Å². The number of benzene rings is 1. The molecule has 0 radical (unpaired) electrons. The Balaban J connectivity index is 1.42. The van der Waals surface area contributed by atoms with Crippen molar-refractivity contribution in [3.63, 3.8) is 0 Å². The molecule has 1 aromatic carbocycles. The van der Waals surface area contributed by atoms with Crippen LogP contribution in [0.1, 0.15) is 25.0 Å². The van der Waals surface area contributed by atoms with Crippen molar-refractivity contribution >= 4 is 11.8 Å². The van der Waals surface area contributed by atoms with Crippen LogP contribution in [0.15, 0.2) is 42.6 Å². The van der Waals surface area contributed by atoms with Crippen LogP contribution in [0.3, 0.4) is 0 Å². The van der Waals surface area contributed by atoms with Crippen molar-refractivity contribution in [2.45, 2.75) is 39.0 Å². The minimum atomic E-state index is -0.195. The van der Waals surface area contributed by atoms with Gasteiger partial charge in [0.05, 0.1) is 19.3 Å². The highest BCUT2D eigenvalue weighted by Crippen LogP contribution is 2.19. The van der Waals surface area contributed by atoms with Gasteiger partial charge < -0.3 is 25.0 Å². The van der Waals surface area contributed by atoms with Crippen molar-refractivity contribution in [3.05, 3.63) is 53.7 Å². The lowest BCUT2D eigenvalue weighted by Gasteiger charge is -2.36. The van der Waals surface area contributed by atoms with E-state index in [9.17, 15) is 4.79 Å². The highest BCUT2D eigenvalue weighted by atomic mass is 16.5. The molecule has 2 atom stereocenters. The van der Waals surface area contributed by atoms with Crippen LogP contribution in [0.25, 0.3) is 0 Å². The zero-order valence-corrected chi connectivity index (χ0v) is 17.4. The number of nitrogens with one attached hydrogen (secondary N) is 2. The molecule has 7 heteroatoms. The molecule has 156 valence electrons. The van der Waals surface area contributed by atoms with E-state index in [0.29, 0.717) is 19.5 Å². The molecule has 7 nitrogen and oxygen atoms in total. The highest BCUT2D eigenvalue weighted by molar-refractivity contribution is 5.73. The third-order valence-electron chi connectivity index (χ3n) is 4.88. The van der Waals surface area contributed by atoms with E-state index in [1.165, 1.54) is 0 Å². The second-order valence-corrected chi connectivity index (χ2v) is 7.36. The molecule has 2 N–H and O–H groups in total. The minimum absolute atomic E-state index is 0.195. The summed E-state index contributed by atoms with van der Waals surface area (Å²) in [7, 11) is 1.65. The van der Waals surface area contributed by atoms with Crippen LogP contribution in [-0.4, -0.2) is 50.0 Å². The van der Waals surface area contributed by atoms with Crippen molar-refractivity contribution in [3.8, 4) is 5.75 Å². The molecule has 1 aliphatic rings. The number of ether oxygens (including phenoxy) is 2. The Morgan fingerprint density at radius 2 is 1.93 bits per heavy atom. The average Bonchev–Trinajstić information content (AvgIpc) is 2.72. The van der Waals surface area contributed by atoms with Gasteiger partial charge in [0.25, 0.3) is 0 Å². The number of rotatable bonds is 7. The normalized spacial score (nSPS) is 18.9. The lowest BCUT2D eigenvalue weighted by atomic mass is 10.1. The van der Waals surface area contributed by atoms with Gasteiger partial charge in [0.1, 0.15) is 11.6 Å². The standard InChI is InChI=1S/C22H30N4O3/c1-16-14-26(15-17(2)29-16)21-9-8-18(12-24-21)13-25-22(27)23-11-10-19-6-4-5-7-20(19)28-3/h4-9,12,16-17H,10-11,13-15H2,1-3H3,(H2,23,25,27). The lowest BCUT2D eigenvalue weighted by molar-refractivity contribution is -0.00546. The highest BCUT2D eigenvalue weighted by Gasteiger charge is 2.22. The molecule has 29 heavy (non-hydrogen) atoms. The van der Waals surface area contributed by atoms with Gasteiger partial charge in [-0.15, -0.1) is 0 Å². The quantitative estimate of drug-likeness (QED) is 0.750. The number of carbonyl (C=O) groups is 1. The molecule has 1 fully saturated rings. The third-order valence-corrected chi connectivity index (χ3v) is 4.88. The maximum Gasteiger partial charge on any atom is 0.315 e. The smallest absolute Gasteiger partial charge is 0.315 e. The summed E-state index contributed by atoms with van der Waals surface area (Å²) in [4.78, 5) is 18.8. The largest absolute Gasteiger partial charge is 0.496 e. The fourth-order valence-electron chi connectivity index (χ4n) is 3.54. The molecular weight excluding hydrogens is 368 g/mol. The summed E-state index contributed by atoms with van der Waals surface area (Å²) in [6, 6.07) is 11.6. The number of hydrogen-bond donors (Lipinski definition) is 2. The number of methoxy groups -OCH3 is 1. The van der Waals surface area contributed by atoms with E-state index in [1.54, 1.807) is 7.11 Å². The second-order valence-electron chi connectivity index (χ2n) is 7.36. The van der Waals surface area contributed by atoms with Gasteiger partial charge in [-0.25, -0.2) is 9.78 Å². The van der Waals surface area contributed by atoms with Crippen molar-refractivity contribution in [1.29, 1.82) is 0 Å². The van der Waals surface area contributed by atoms with Gasteiger partial charge >= 0.3 is 6.03 Å². The van der Waals surface area contributed by atoms with Gasteiger partial charge in [-0.3, -0.25) is 0 Å². The first-order valence-corrected chi connectivity index (χ1v) is 10.0. The lowest BCUT2D eigenvalue weighted by Crippen LogP contribution is -2.45. The van der Waals surface area contributed by atoms with Crippen LogP contribution in [0, 0.1) is 0 Å². The SMILES string of the molecule is COc1ccccc1CCNC(=O)NCc1ccc(N2CC(C)OC(C)C2)nc1. The summed E-state index contributed by atoms with van der Waals surface area (Å²) < 4.78 is 11.1. The molecule has 1 aromatic heterocycles. The Labute approximate surface area is 172 Å². The van der Waals surface area contributed by atoms with Gasteiger partial charge in [0, 0.05) is 32.4 Å². The molecule has 0 spiro atoms. The van der Waals surface area contributed by atoms with Crippen molar-refractivity contribution in [2.75, 3.05) is 31.6 Å². The Hall–Kier alpha value is -2.80. The van der Waals surface area contributed by atoms with Crippen LogP contribution in [0.2, 0.25) is 0 Å². The Kier molecular flexibility index (Phi) is 7.30. The van der Waals surface area contributed by atoms with Gasteiger partial charge in [-0.2, -0.15) is 0 Å². The van der Waals surface area contributed by atoms with Crippen LogP contribution >= 0.6 is 0 Å². The molecule has 2 unspecified atom stereocenters. The number of hydrogen-bond acceptors (Lipinski definition) is 5. The van der Waals surface area contributed by atoms with E-state index < -0.39 is 0 Å². The number of carbonyl (C=O) groups excluding carboxylic acids is 1. The maximum atomic E-state index is 12.1. The molecular formula is C22H30N4O3. The van der Waals surface area contributed by atoms with E-state index in [-0.39, 0.29) is 18.2 Å². The predicted molar refractivity (Wildman–Crippen MR) is 113 cm³/mol. The fourth-order valence-corrected chi connectivity index (χ4v) is 3.54. The fraction of sp³-hybridized carbons (Fsp3) is 0.455. The van der Waals surface area contributed by atoms with Crippen LogP contribution in [-0.2, 0) is 17.7 Å². The third kappa shape index (κ3) is 6.09. The van der Waals surface area contributed by atoms with Crippen LogP contribution in [0.4, 0.5) is 10.6 Å². The second kappa shape index (κ2) is 10.1. The molecule has 1 aliphatic heterocycles. The van der Waals surface area contributed by atoms with E-state index in [4.69, 9.17) is 9.47 Å². The number of urea groups is 1. The summed E-state index contributed by atoms with van der Waals surface area (Å²) in [5, 5.41) is 5.75. The number of nitrogens with zero attached hydrogens (tertiary/aromatic N) is 2. The first-order valence-electron chi connectivity index (χ1n) is 10.0. The van der Waals surface area contributed by atoms with Gasteiger partial charge in [-0.05, 0) is 43.5 Å². The number of morpholine rings is 1. The van der Waals surface area contributed by atoms with Gasteiger partial charge in [0.2, 0.25) is 0 Å². The van der Waals surface area contributed by atoms with Gasteiger partial charge in [-0.1, -0.05) is 24.3 Å². The number of aromatic nitrogens is 1. The summed E-state index contributed by atoms with van der Waals surface area (Å²) in [5.41, 5.74) is 2.03. The number of para-hydroxylation sites is 1. The molecule has 3 rings (SSSR count). The topological polar surface area (TPSA) is 75.7 Å².